The fourth-order valence-corrected chi connectivity index (χ4v) is 3.75. The van der Waals surface area contributed by atoms with Crippen molar-refractivity contribution in [1.82, 2.24) is 4.98 Å². The molecule has 114 valence electrons. The topological polar surface area (TPSA) is 12.9 Å². The van der Waals surface area contributed by atoms with E-state index in [1.54, 1.807) is 0 Å². The van der Waals surface area contributed by atoms with Gasteiger partial charge in [0.1, 0.15) is 0 Å². The zero-order valence-corrected chi connectivity index (χ0v) is 14.3. The molecular formula is C18H24ClNS. The standard InChI is InChI=1S/C18H24ClNS/c1-15(13-19)12-18-10-9-17(21-18)8-4-2-3-6-16-7-5-11-20-14-16/h5,7,9-11,14-15H,2-4,6,8,12-13H2,1H3. The van der Waals surface area contributed by atoms with Crippen molar-refractivity contribution in [3.8, 4) is 0 Å². The summed E-state index contributed by atoms with van der Waals surface area (Å²) >= 11 is 7.84. The summed E-state index contributed by atoms with van der Waals surface area (Å²) in [6, 6.07) is 8.75. The molecule has 0 spiro atoms. The first-order chi connectivity index (χ1) is 10.3. The number of alkyl halides is 1. The van der Waals surface area contributed by atoms with Crippen molar-refractivity contribution < 1.29 is 0 Å². The van der Waals surface area contributed by atoms with Gasteiger partial charge in [0.25, 0.3) is 0 Å². The van der Waals surface area contributed by atoms with Crippen molar-refractivity contribution in [3.63, 3.8) is 0 Å². The molecule has 0 aliphatic rings. The van der Waals surface area contributed by atoms with Gasteiger partial charge in [0, 0.05) is 28.0 Å². The molecule has 1 nitrogen and oxygen atoms in total. The lowest BCUT2D eigenvalue weighted by Gasteiger charge is -2.03. The number of aryl methyl sites for hydroxylation is 2. The Kier molecular flexibility index (Phi) is 7.25. The van der Waals surface area contributed by atoms with Crippen LogP contribution in [0.4, 0.5) is 0 Å². The molecule has 0 aromatic carbocycles. The summed E-state index contributed by atoms with van der Waals surface area (Å²) in [6.45, 7) is 2.21. The third kappa shape index (κ3) is 6.19. The van der Waals surface area contributed by atoms with Crippen LogP contribution < -0.4 is 0 Å². The molecule has 2 aromatic rings. The summed E-state index contributed by atoms with van der Waals surface area (Å²) < 4.78 is 0. The number of halogens is 1. The highest BCUT2D eigenvalue weighted by molar-refractivity contribution is 7.11. The predicted octanol–water partition coefficient (Wildman–Crippen LogP) is 5.52. The number of pyridine rings is 1. The third-order valence-corrected chi connectivity index (χ3v) is 5.34. The van der Waals surface area contributed by atoms with Gasteiger partial charge < -0.3 is 0 Å². The summed E-state index contributed by atoms with van der Waals surface area (Å²) in [5.74, 6) is 1.33. The van der Waals surface area contributed by atoms with Crippen molar-refractivity contribution in [2.45, 2.75) is 45.4 Å². The molecule has 0 radical (unpaired) electrons. The fourth-order valence-electron chi connectivity index (χ4n) is 2.42. The zero-order valence-electron chi connectivity index (χ0n) is 12.7. The van der Waals surface area contributed by atoms with Crippen molar-refractivity contribution in [3.05, 3.63) is 52.0 Å². The second-order valence-corrected chi connectivity index (χ2v) is 7.32. The number of hydrogen-bond acceptors (Lipinski definition) is 2. The van der Waals surface area contributed by atoms with E-state index in [4.69, 9.17) is 11.6 Å². The number of unbranched alkanes of at least 4 members (excludes halogenated alkanes) is 2. The minimum Gasteiger partial charge on any atom is -0.264 e. The fraction of sp³-hybridized carbons (Fsp3) is 0.500. The van der Waals surface area contributed by atoms with E-state index in [-0.39, 0.29) is 0 Å². The normalized spacial score (nSPS) is 12.5. The predicted molar refractivity (Wildman–Crippen MR) is 93.4 cm³/mol. The smallest absolute Gasteiger partial charge is 0.0299 e. The van der Waals surface area contributed by atoms with E-state index in [0.29, 0.717) is 5.92 Å². The highest BCUT2D eigenvalue weighted by Gasteiger charge is 2.05. The van der Waals surface area contributed by atoms with Gasteiger partial charge in [-0.15, -0.1) is 22.9 Å². The van der Waals surface area contributed by atoms with E-state index in [1.165, 1.54) is 41.0 Å². The summed E-state index contributed by atoms with van der Waals surface area (Å²) in [6.07, 6.45) is 11.1. The Morgan fingerprint density at radius 2 is 1.90 bits per heavy atom. The van der Waals surface area contributed by atoms with E-state index >= 15 is 0 Å². The average molecular weight is 322 g/mol. The van der Waals surface area contributed by atoms with E-state index in [9.17, 15) is 0 Å². The lowest BCUT2D eigenvalue weighted by Crippen LogP contribution is -1.98. The quantitative estimate of drug-likeness (QED) is 0.438. The number of hydrogen-bond donors (Lipinski definition) is 0. The molecule has 0 aliphatic carbocycles. The van der Waals surface area contributed by atoms with E-state index in [2.05, 4.69) is 30.1 Å². The molecule has 3 heteroatoms. The van der Waals surface area contributed by atoms with E-state index in [1.807, 2.05) is 29.8 Å². The Morgan fingerprint density at radius 1 is 1.10 bits per heavy atom. The van der Waals surface area contributed by atoms with Gasteiger partial charge in [0.2, 0.25) is 0 Å². The maximum absolute atomic E-state index is 5.88. The first-order valence-corrected chi connectivity index (χ1v) is 9.15. The van der Waals surface area contributed by atoms with Crippen LogP contribution in [0.2, 0.25) is 0 Å². The lowest BCUT2D eigenvalue weighted by atomic mass is 10.1. The minimum absolute atomic E-state index is 0.581. The number of thiophene rings is 1. The van der Waals surface area contributed by atoms with Gasteiger partial charge in [0.05, 0.1) is 0 Å². The van der Waals surface area contributed by atoms with Crippen LogP contribution in [-0.4, -0.2) is 10.9 Å². The molecule has 21 heavy (non-hydrogen) atoms. The van der Waals surface area contributed by atoms with E-state index in [0.717, 1.165) is 18.7 Å². The summed E-state index contributed by atoms with van der Waals surface area (Å²) in [4.78, 5) is 7.16. The largest absolute Gasteiger partial charge is 0.264 e. The number of aromatic nitrogens is 1. The molecule has 1 atom stereocenters. The van der Waals surface area contributed by atoms with Crippen molar-refractivity contribution in [2.24, 2.45) is 5.92 Å². The monoisotopic (exact) mass is 321 g/mol. The second-order valence-electron chi connectivity index (χ2n) is 5.75. The highest BCUT2D eigenvalue weighted by atomic mass is 35.5. The molecule has 0 bridgehead atoms. The van der Waals surface area contributed by atoms with Gasteiger partial charge >= 0.3 is 0 Å². The highest BCUT2D eigenvalue weighted by Crippen LogP contribution is 2.22. The third-order valence-electron chi connectivity index (χ3n) is 3.64. The first-order valence-electron chi connectivity index (χ1n) is 7.80. The van der Waals surface area contributed by atoms with Crippen LogP contribution in [0, 0.1) is 5.92 Å². The molecule has 1 unspecified atom stereocenters. The van der Waals surface area contributed by atoms with Crippen LogP contribution in [0.25, 0.3) is 0 Å². The van der Waals surface area contributed by atoms with Gasteiger partial charge in [-0.25, -0.2) is 0 Å². The van der Waals surface area contributed by atoms with Crippen molar-refractivity contribution in [1.29, 1.82) is 0 Å². The van der Waals surface area contributed by atoms with Gasteiger partial charge in [-0.3, -0.25) is 4.98 Å². The molecule has 2 aromatic heterocycles. The molecule has 0 amide bonds. The lowest BCUT2D eigenvalue weighted by molar-refractivity contribution is 0.662. The molecule has 0 saturated heterocycles. The minimum atomic E-state index is 0.581. The Balaban J connectivity index is 1.62. The molecule has 2 heterocycles. The van der Waals surface area contributed by atoms with Crippen LogP contribution in [0.3, 0.4) is 0 Å². The zero-order chi connectivity index (χ0) is 14.9. The first kappa shape index (κ1) is 16.5. The SMILES string of the molecule is CC(CCl)Cc1ccc(CCCCCc2cccnc2)s1. The molecule has 2 rings (SSSR count). The Labute approximate surface area is 137 Å². The Hall–Kier alpha value is -0.860. The second kappa shape index (κ2) is 9.22. The van der Waals surface area contributed by atoms with Crippen molar-refractivity contribution in [2.75, 3.05) is 5.88 Å². The van der Waals surface area contributed by atoms with Gasteiger partial charge in [-0.2, -0.15) is 0 Å². The van der Waals surface area contributed by atoms with Crippen LogP contribution in [0.15, 0.2) is 36.7 Å². The molecule has 0 N–H and O–H groups in total. The average Bonchev–Trinajstić information content (AvgIpc) is 2.95. The summed E-state index contributed by atoms with van der Waals surface area (Å²) in [7, 11) is 0. The Bertz CT molecular complexity index is 509. The molecule has 0 fully saturated rings. The number of rotatable bonds is 9. The molecule has 0 saturated carbocycles. The van der Waals surface area contributed by atoms with Gasteiger partial charge in [-0.05, 0) is 61.8 Å². The van der Waals surface area contributed by atoms with Gasteiger partial charge in [0.15, 0.2) is 0 Å². The molecule has 0 aliphatic heterocycles. The Morgan fingerprint density at radius 3 is 2.67 bits per heavy atom. The van der Waals surface area contributed by atoms with Crippen LogP contribution in [0.5, 0.6) is 0 Å². The van der Waals surface area contributed by atoms with E-state index < -0.39 is 0 Å². The van der Waals surface area contributed by atoms with Crippen LogP contribution in [0.1, 0.15) is 41.5 Å². The maximum Gasteiger partial charge on any atom is 0.0299 e. The summed E-state index contributed by atoms with van der Waals surface area (Å²) in [5, 5.41) is 0. The number of nitrogens with zero attached hydrogens (tertiary/aromatic N) is 1. The van der Waals surface area contributed by atoms with Crippen molar-refractivity contribution >= 4 is 22.9 Å². The van der Waals surface area contributed by atoms with Crippen LogP contribution >= 0.6 is 22.9 Å². The molecular weight excluding hydrogens is 298 g/mol. The van der Waals surface area contributed by atoms with Gasteiger partial charge in [-0.1, -0.05) is 19.4 Å². The maximum atomic E-state index is 5.88. The van der Waals surface area contributed by atoms with Crippen LogP contribution in [-0.2, 0) is 19.3 Å². The summed E-state index contributed by atoms with van der Waals surface area (Å²) in [5.41, 5.74) is 1.35.